The molecule has 0 saturated carbocycles. The molecule has 0 spiro atoms. The molecule has 3 aromatic carbocycles. The van der Waals surface area contributed by atoms with Crippen LogP contribution in [0.5, 0.6) is 11.5 Å². The molecular weight excluding hydrogens is 458 g/mol. The molecule has 0 aliphatic heterocycles. The summed E-state index contributed by atoms with van der Waals surface area (Å²) >= 11 is 0. The van der Waals surface area contributed by atoms with Crippen LogP contribution in [0.3, 0.4) is 0 Å². The van der Waals surface area contributed by atoms with Gasteiger partial charge in [-0.15, -0.1) is 0 Å². The quantitative estimate of drug-likeness (QED) is 0.289. The lowest BCUT2D eigenvalue weighted by Crippen LogP contribution is -2.47. The van der Waals surface area contributed by atoms with Crippen LogP contribution in [0.4, 0.5) is 4.79 Å². The molecule has 0 bridgehead atoms. The molecule has 188 valence electrons. The maximum atomic E-state index is 12.8. The van der Waals surface area contributed by atoms with Crippen LogP contribution < -0.4 is 20.2 Å². The van der Waals surface area contributed by atoms with Gasteiger partial charge in [0, 0.05) is 6.42 Å². The van der Waals surface area contributed by atoms with Crippen molar-refractivity contribution in [3.63, 3.8) is 0 Å². The minimum absolute atomic E-state index is 0.205. The van der Waals surface area contributed by atoms with E-state index in [1.165, 1.54) is 6.21 Å². The van der Waals surface area contributed by atoms with Gasteiger partial charge in [0.1, 0.15) is 12.6 Å². The lowest BCUT2D eigenvalue weighted by molar-refractivity contribution is -0.123. The number of alkyl carbamates (subject to hydrolysis) is 1. The molecule has 0 aromatic heterocycles. The molecule has 8 nitrogen and oxygen atoms in total. The molecule has 0 heterocycles. The van der Waals surface area contributed by atoms with E-state index in [0.29, 0.717) is 36.7 Å². The van der Waals surface area contributed by atoms with E-state index in [-0.39, 0.29) is 6.61 Å². The molecule has 36 heavy (non-hydrogen) atoms. The summed E-state index contributed by atoms with van der Waals surface area (Å²) in [6.45, 7) is 4.69. The maximum absolute atomic E-state index is 12.8. The Hall–Kier alpha value is -4.33. The molecule has 2 amide bonds. The van der Waals surface area contributed by atoms with Crippen LogP contribution >= 0.6 is 0 Å². The molecule has 0 fully saturated rings. The fourth-order valence-electron chi connectivity index (χ4n) is 3.35. The van der Waals surface area contributed by atoms with Gasteiger partial charge in [-0.1, -0.05) is 60.7 Å². The van der Waals surface area contributed by atoms with Gasteiger partial charge in [0.2, 0.25) is 0 Å². The number of carbonyl (C=O) groups is 2. The van der Waals surface area contributed by atoms with Crippen molar-refractivity contribution < 1.29 is 23.8 Å². The van der Waals surface area contributed by atoms with Gasteiger partial charge in [-0.05, 0) is 48.7 Å². The molecule has 8 heteroatoms. The van der Waals surface area contributed by atoms with Crippen molar-refractivity contribution in [1.29, 1.82) is 0 Å². The van der Waals surface area contributed by atoms with E-state index >= 15 is 0 Å². The summed E-state index contributed by atoms with van der Waals surface area (Å²) in [5.74, 6) is 0.731. The second-order valence-corrected chi connectivity index (χ2v) is 7.75. The summed E-state index contributed by atoms with van der Waals surface area (Å²) in [6.07, 6.45) is 1.14. The third-order valence-corrected chi connectivity index (χ3v) is 5.06. The first-order valence-corrected chi connectivity index (χ1v) is 11.8. The summed E-state index contributed by atoms with van der Waals surface area (Å²) < 4.78 is 16.6. The highest BCUT2D eigenvalue weighted by Crippen LogP contribution is 2.28. The van der Waals surface area contributed by atoms with Crippen LogP contribution in [-0.2, 0) is 22.6 Å². The standard InChI is InChI=1S/C28H31N3O5/c1-3-34-26-18-23(15-16-25(26)36-20-22-13-9-6-10-14-22)19-29-31-27(32)24(30-28(33)35-4-2)17-21-11-7-5-8-12-21/h5-16,18-19,24H,3-4,17,20H2,1-2H3,(H,30,33)(H,31,32)/b29-19-/t24-/m0/s1. The molecule has 0 aliphatic carbocycles. The number of benzene rings is 3. The zero-order chi connectivity index (χ0) is 25.6. The number of carbonyl (C=O) groups excluding carboxylic acids is 2. The Labute approximate surface area is 211 Å². The zero-order valence-electron chi connectivity index (χ0n) is 20.5. The van der Waals surface area contributed by atoms with Gasteiger partial charge in [0.05, 0.1) is 19.4 Å². The summed E-state index contributed by atoms with van der Waals surface area (Å²) in [5.41, 5.74) is 5.16. The number of nitrogens with zero attached hydrogens (tertiary/aromatic N) is 1. The maximum Gasteiger partial charge on any atom is 0.407 e. The van der Waals surface area contributed by atoms with E-state index in [4.69, 9.17) is 14.2 Å². The molecule has 1 atom stereocenters. The van der Waals surface area contributed by atoms with Crippen LogP contribution in [0.25, 0.3) is 0 Å². The summed E-state index contributed by atoms with van der Waals surface area (Å²) in [6, 6.07) is 23.8. The lowest BCUT2D eigenvalue weighted by Gasteiger charge is -2.17. The molecule has 0 unspecified atom stereocenters. The Balaban J connectivity index is 1.65. The highest BCUT2D eigenvalue weighted by molar-refractivity contribution is 5.87. The third kappa shape index (κ3) is 8.47. The Morgan fingerprint density at radius 3 is 2.22 bits per heavy atom. The zero-order valence-corrected chi connectivity index (χ0v) is 20.5. The second kappa shape index (κ2) is 14.2. The highest BCUT2D eigenvalue weighted by Gasteiger charge is 2.21. The van der Waals surface area contributed by atoms with Crippen molar-refractivity contribution in [3.8, 4) is 11.5 Å². The van der Waals surface area contributed by atoms with Gasteiger partial charge >= 0.3 is 6.09 Å². The van der Waals surface area contributed by atoms with Gasteiger partial charge in [0.25, 0.3) is 5.91 Å². The normalized spacial score (nSPS) is 11.5. The minimum Gasteiger partial charge on any atom is -0.490 e. The van der Waals surface area contributed by atoms with Crippen LogP contribution in [0.2, 0.25) is 0 Å². The van der Waals surface area contributed by atoms with Crippen molar-refractivity contribution >= 4 is 18.2 Å². The first kappa shape index (κ1) is 26.3. The largest absolute Gasteiger partial charge is 0.490 e. The molecule has 0 radical (unpaired) electrons. The van der Waals surface area contributed by atoms with Gasteiger partial charge in [-0.2, -0.15) is 5.10 Å². The topological polar surface area (TPSA) is 98.2 Å². The predicted octanol–water partition coefficient (Wildman–Crippen LogP) is 4.47. The first-order chi connectivity index (χ1) is 17.6. The molecule has 3 aromatic rings. The monoisotopic (exact) mass is 489 g/mol. The van der Waals surface area contributed by atoms with E-state index in [9.17, 15) is 9.59 Å². The summed E-state index contributed by atoms with van der Waals surface area (Å²) in [7, 11) is 0. The van der Waals surface area contributed by atoms with Gasteiger partial charge in [-0.25, -0.2) is 10.2 Å². The van der Waals surface area contributed by atoms with E-state index in [0.717, 1.165) is 11.1 Å². The number of rotatable bonds is 12. The Morgan fingerprint density at radius 1 is 0.861 bits per heavy atom. The summed E-state index contributed by atoms with van der Waals surface area (Å²) in [5, 5.41) is 6.66. The van der Waals surface area contributed by atoms with E-state index < -0.39 is 18.0 Å². The smallest absolute Gasteiger partial charge is 0.407 e. The molecule has 3 rings (SSSR count). The first-order valence-electron chi connectivity index (χ1n) is 11.8. The molecular formula is C28H31N3O5. The predicted molar refractivity (Wildman–Crippen MR) is 138 cm³/mol. The van der Waals surface area contributed by atoms with Crippen molar-refractivity contribution in [2.45, 2.75) is 32.9 Å². The van der Waals surface area contributed by atoms with Crippen LogP contribution in [-0.4, -0.2) is 37.5 Å². The van der Waals surface area contributed by atoms with Crippen LogP contribution in [0, 0.1) is 0 Å². The summed E-state index contributed by atoms with van der Waals surface area (Å²) in [4.78, 5) is 24.7. The van der Waals surface area contributed by atoms with E-state index in [1.807, 2.05) is 73.7 Å². The average molecular weight is 490 g/mol. The Kier molecular flexibility index (Phi) is 10.3. The highest BCUT2D eigenvalue weighted by atomic mass is 16.5. The average Bonchev–Trinajstić information content (AvgIpc) is 2.89. The molecule has 0 aliphatic rings. The number of hydrogen-bond acceptors (Lipinski definition) is 6. The van der Waals surface area contributed by atoms with Gasteiger partial charge in [-0.3, -0.25) is 4.79 Å². The van der Waals surface area contributed by atoms with Crippen molar-refractivity contribution in [3.05, 3.63) is 95.6 Å². The third-order valence-electron chi connectivity index (χ3n) is 5.06. The molecule has 0 saturated heterocycles. The van der Waals surface area contributed by atoms with Crippen LogP contribution in [0.1, 0.15) is 30.5 Å². The van der Waals surface area contributed by atoms with Crippen molar-refractivity contribution in [2.75, 3.05) is 13.2 Å². The van der Waals surface area contributed by atoms with E-state index in [1.54, 1.807) is 19.1 Å². The van der Waals surface area contributed by atoms with Crippen molar-refractivity contribution in [1.82, 2.24) is 10.7 Å². The molecule has 2 N–H and O–H groups in total. The number of ether oxygens (including phenoxy) is 3. The Bertz CT molecular complexity index is 1140. The lowest BCUT2D eigenvalue weighted by atomic mass is 10.1. The number of hydrazone groups is 1. The fraction of sp³-hybridized carbons (Fsp3) is 0.250. The second-order valence-electron chi connectivity index (χ2n) is 7.75. The number of hydrogen-bond donors (Lipinski definition) is 2. The SMILES string of the molecule is CCOC(=O)N[C@@H](Cc1ccccc1)C(=O)N/N=C\c1ccc(OCc2ccccc2)c(OCC)c1. The van der Waals surface area contributed by atoms with Gasteiger partial charge in [0.15, 0.2) is 11.5 Å². The van der Waals surface area contributed by atoms with E-state index in [2.05, 4.69) is 15.8 Å². The van der Waals surface area contributed by atoms with Crippen LogP contribution in [0.15, 0.2) is 84.0 Å². The Morgan fingerprint density at radius 2 is 1.56 bits per heavy atom. The number of amides is 2. The van der Waals surface area contributed by atoms with Crippen molar-refractivity contribution in [2.24, 2.45) is 5.10 Å². The number of nitrogens with one attached hydrogen (secondary N) is 2. The van der Waals surface area contributed by atoms with Gasteiger partial charge < -0.3 is 19.5 Å². The fourth-order valence-corrected chi connectivity index (χ4v) is 3.35. The minimum atomic E-state index is -0.851.